The topological polar surface area (TPSA) is 63.9 Å². The first kappa shape index (κ1) is 18.3. The summed E-state index contributed by atoms with van der Waals surface area (Å²) in [5, 5.41) is 3.00. The van der Waals surface area contributed by atoms with Gasteiger partial charge in [-0.2, -0.15) is 0 Å². The number of ether oxygens (including phenoxy) is 2. The highest BCUT2D eigenvalue weighted by molar-refractivity contribution is 5.78. The van der Waals surface area contributed by atoms with Gasteiger partial charge < -0.3 is 19.2 Å². The van der Waals surface area contributed by atoms with Crippen molar-refractivity contribution in [3.05, 3.63) is 47.9 Å². The summed E-state index contributed by atoms with van der Waals surface area (Å²) in [7, 11) is 3.32. The van der Waals surface area contributed by atoms with Crippen molar-refractivity contribution in [2.24, 2.45) is 0 Å². The molecule has 2 heterocycles. The average molecular weight is 358 g/mol. The molecule has 2 atom stereocenters. The monoisotopic (exact) mass is 358 g/mol. The van der Waals surface area contributed by atoms with Crippen LogP contribution in [0.15, 0.2) is 41.0 Å². The van der Waals surface area contributed by atoms with Crippen LogP contribution in [0.4, 0.5) is 0 Å². The number of likely N-dealkylation sites (tertiary alicyclic amines) is 1. The molecule has 140 valence electrons. The zero-order chi connectivity index (χ0) is 18.5. The number of nitrogens with zero attached hydrogens (tertiary/aromatic N) is 1. The Morgan fingerprint density at radius 3 is 2.88 bits per heavy atom. The second kappa shape index (κ2) is 8.27. The summed E-state index contributed by atoms with van der Waals surface area (Å²) in [4.78, 5) is 14.7. The summed E-state index contributed by atoms with van der Waals surface area (Å²) >= 11 is 0. The molecule has 2 aromatic rings. The third-order valence-corrected chi connectivity index (χ3v) is 4.85. The third kappa shape index (κ3) is 4.02. The van der Waals surface area contributed by atoms with E-state index < -0.39 is 0 Å². The minimum absolute atomic E-state index is 0.0114. The second-order valence-corrected chi connectivity index (χ2v) is 6.54. The van der Waals surface area contributed by atoms with Crippen molar-refractivity contribution in [2.75, 3.05) is 27.3 Å². The van der Waals surface area contributed by atoms with Crippen molar-refractivity contribution in [2.45, 2.75) is 31.8 Å². The van der Waals surface area contributed by atoms with Gasteiger partial charge in [0.2, 0.25) is 5.91 Å². The summed E-state index contributed by atoms with van der Waals surface area (Å²) < 4.78 is 16.2. The predicted molar refractivity (Wildman–Crippen MR) is 98.4 cm³/mol. The Kier molecular flexibility index (Phi) is 5.83. The molecular weight excluding hydrogens is 332 g/mol. The van der Waals surface area contributed by atoms with Gasteiger partial charge in [0.05, 0.1) is 33.1 Å². The van der Waals surface area contributed by atoms with E-state index in [1.165, 1.54) is 0 Å². The molecule has 1 saturated heterocycles. The van der Waals surface area contributed by atoms with Crippen molar-refractivity contribution >= 4 is 5.91 Å². The minimum Gasteiger partial charge on any atom is -0.497 e. The van der Waals surface area contributed by atoms with Gasteiger partial charge in [0, 0.05) is 11.6 Å². The summed E-state index contributed by atoms with van der Waals surface area (Å²) in [5.74, 6) is 2.36. The van der Waals surface area contributed by atoms with Crippen LogP contribution in [0.1, 0.15) is 43.2 Å². The van der Waals surface area contributed by atoms with Crippen LogP contribution in [0, 0.1) is 0 Å². The fourth-order valence-electron chi connectivity index (χ4n) is 3.55. The number of amides is 1. The standard InChI is InChI=1S/C20H26N2O4/c1-14(18-7-5-11-26-18)21-20(23)13-22-10-4-6-17(22)16-12-15(24-2)8-9-19(16)25-3/h5,7-9,11-12,14,17H,4,6,10,13H2,1-3H3,(H,21,23). The molecule has 1 fully saturated rings. The fourth-order valence-corrected chi connectivity index (χ4v) is 3.55. The Morgan fingerprint density at radius 2 is 2.19 bits per heavy atom. The molecule has 0 saturated carbocycles. The first-order chi connectivity index (χ1) is 12.6. The molecule has 1 aliphatic heterocycles. The minimum atomic E-state index is -0.148. The van der Waals surface area contributed by atoms with Gasteiger partial charge in [0.25, 0.3) is 0 Å². The summed E-state index contributed by atoms with van der Waals surface area (Å²) in [6.45, 7) is 3.15. The number of furan rings is 1. The molecule has 26 heavy (non-hydrogen) atoms. The lowest BCUT2D eigenvalue weighted by molar-refractivity contribution is -0.123. The number of rotatable bonds is 7. The maximum Gasteiger partial charge on any atom is 0.234 e. The Labute approximate surface area is 154 Å². The predicted octanol–water partition coefficient (Wildman–Crippen LogP) is 3.31. The third-order valence-electron chi connectivity index (χ3n) is 4.85. The van der Waals surface area contributed by atoms with E-state index in [2.05, 4.69) is 10.2 Å². The van der Waals surface area contributed by atoms with E-state index in [1.807, 2.05) is 37.3 Å². The number of hydrogen-bond acceptors (Lipinski definition) is 5. The van der Waals surface area contributed by atoms with E-state index in [0.29, 0.717) is 6.54 Å². The van der Waals surface area contributed by atoms with Crippen LogP contribution in [0.3, 0.4) is 0 Å². The molecule has 1 aliphatic rings. The first-order valence-electron chi connectivity index (χ1n) is 8.91. The van der Waals surface area contributed by atoms with Crippen molar-refractivity contribution in [3.63, 3.8) is 0 Å². The van der Waals surface area contributed by atoms with Gasteiger partial charge in [-0.3, -0.25) is 9.69 Å². The molecule has 6 heteroatoms. The van der Waals surface area contributed by atoms with Crippen LogP contribution in [0.5, 0.6) is 11.5 Å². The lowest BCUT2D eigenvalue weighted by Gasteiger charge is -2.26. The van der Waals surface area contributed by atoms with E-state index in [1.54, 1.807) is 20.5 Å². The average Bonchev–Trinajstić information content (AvgIpc) is 3.33. The summed E-state index contributed by atoms with van der Waals surface area (Å²) in [6, 6.07) is 9.50. The number of nitrogens with one attached hydrogen (secondary N) is 1. The van der Waals surface area contributed by atoms with Gasteiger partial charge in [0.15, 0.2) is 0 Å². The molecule has 1 aromatic carbocycles. The zero-order valence-electron chi connectivity index (χ0n) is 15.5. The fraction of sp³-hybridized carbons (Fsp3) is 0.450. The molecule has 3 rings (SSSR count). The van der Waals surface area contributed by atoms with Crippen LogP contribution >= 0.6 is 0 Å². The number of benzene rings is 1. The molecule has 2 unspecified atom stereocenters. The maximum atomic E-state index is 12.5. The molecule has 0 aliphatic carbocycles. The van der Waals surface area contributed by atoms with Crippen molar-refractivity contribution in [1.29, 1.82) is 0 Å². The second-order valence-electron chi connectivity index (χ2n) is 6.54. The van der Waals surface area contributed by atoms with Crippen molar-refractivity contribution in [1.82, 2.24) is 10.2 Å². The normalized spacial score (nSPS) is 18.5. The molecule has 0 spiro atoms. The van der Waals surface area contributed by atoms with E-state index in [9.17, 15) is 4.79 Å². The van der Waals surface area contributed by atoms with Gasteiger partial charge in [-0.15, -0.1) is 0 Å². The van der Waals surface area contributed by atoms with E-state index >= 15 is 0 Å². The van der Waals surface area contributed by atoms with Gasteiger partial charge in [-0.05, 0) is 56.6 Å². The van der Waals surface area contributed by atoms with Gasteiger partial charge in [-0.1, -0.05) is 0 Å². The number of hydrogen-bond donors (Lipinski definition) is 1. The van der Waals surface area contributed by atoms with Gasteiger partial charge in [0.1, 0.15) is 17.3 Å². The van der Waals surface area contributed by atoms with E-state index in [4.69, 9.17) is 13.9 Å². The van der Waals surface area contributed by atoms with E-state index in [0.717, 1.165) is 42.2 Å². The molecule has 0 bridgehead atoms. The van der Waals surface area contributed by atoms with Gasteiger partial charge in [-0.25, -0.2) is 0 Å². The highest BCUT2D eigenvalue weighted by Gasteiger charge is 2.30. The SMILES string of the molecule is COc1ccc(OC)c(C2CCCN2CC(=O)NC(C)c2ccco2)c1. The Hall–Kier alpha value is -2.47. The van der Waals surface area contributed by atoms with Gasteiger partial charge >= 0.3 is 0 Å². The smallest absolute Gasteiger partial charge is 0.234 e. The number of carbonyl (C=O) groups is 1. The van der Waals surface area contributed by atoms with Crippen molar-refractivity contribution < 1.29 is 18.7 Å². The van der Waals surface area contributed by atoms with Crippen LogP contribution in [-0.2, 0) is 4.79 Å². The lowest BCUT2D eigenvalue weighted by Crippen LogP contribution is -2.38. The van der Waals surface area contributed by atoms with E-state index in [-0.39, 0.29) is 18.0 Å². The maximum absolute atomic E-state index is 12.5. The molecule has 1 N–H and O–H groups in total. The largest absolute Gasteiger partial charge is 0.497 e. The molecule has 0 radical (unpaired) electrons. The quantitative estimate of drug-likeness (QED) is 0.823. The first-order valence-corrected chi connectivity index (χ1v) is 8.91. The van der Waals surface area contributed by atoms with Crippen LogP contribution in [0.2, 0.25) is 0 Å². The van der Waals surface area contributed by atoms with Crippen LogP contribution in [0.25, 0.3) is 0 Å². The van der Waals surface area contributed by atoms with Crippen LogP contribution in [-0.4, -0.2) is 38.1 Å². The highest BCUT2D eigenvalue weighted by atomic mass is 16.5. The molecule has 6 nitrogen and oxygen atoms in total. The Bertz CT molecular complexity index is 729. The summed E-state index contributed by atoms with van der Waals surface area (Å²) in [6.07, 6.45) is 3.65. The summed E-state index contributed by atoms with van der Waals surface area (Å²) in [5.41, 5.74) is 1.07. The van der Waals surface area contributed by atoms with Crippen molar-refractivity contribution in [3.8, 4) is 11.5 Å². The number of carbonyl (C=O) groups excluding carboxylic acids is 1. The number of methoxy groups -OCH3 is 2. The zero-order valence-corrected chi connectivity index (χ0v) is 15.5. The van der Waals surface area contributed by atoms with Crippen LogP contribution < -0.4 is 14.8 Å². The molecule has 1 amide bonds. The molecule has 1 aromatic heterocycles. The Morgan fingerprint density at radius 1 is 1.35 bits per heavy atom. The lowest BCUT2D eigenvalue weighted by atomic mass is 10.0. The molecular formula is C20H26N2O4. The Balaban J connectivity index is 1.69. The highest BCUT2D eigenvalue weighted by Crippen LogP contribution is 2.38.